The van der Waals surface area contributed by atoms with E-state index in [1.54, 1.807) is 0 Å². The Bertz CT molecular complexity index is 409. The normalized spacial score (nSPS) is 9.21. The van der Waals surface area contributed by atoms with Crippen molar-refractivity contribution in [3.8, 4) is 11.5 Å². The summed E-state index contributed by atoms with van der Waals surface area (Å²) in [4.78, 5) is 13.5. The summed E-state index contributed by atoms with van der Waals surface area (Å²) in [6, 6.07) is 2.30. The number of hydrogen-bond donors (Lipinski definition) is 2. The molecule has 0 aliphatic rings. The van der Waals surface area contributed by atoms with Gasteiger partial charge in [0, 0.05) is 4.91 Å². The van der Waals surface area contributed by atoms with E-state index in [4.69, 9.17) is 5.53 Å². The van der Waals surface area contributed by atoms with E-state index in [1.807, 2.05) is 0 Å². The summed E-state index contributed by atoms with van der Waals surface area (Å²) in [6.45, 7) is 1.20. The Hall–Kier alpha value is -2.20. The number of ketones is 1. The van der Waals surface area contributed by atoms with Crippen molar-refractivity contribution < 1.29 is 15.0 Å². The minimum atomic E-state index is -0.485. The van der Waals surface area contributed by atoms with Gasteiger partial charge in [0.05, 0.1) is 11.3 Å². The standard InChI is InChI=1S/C8H7N3O3/c1-4(12)7-5(13)2-3-6(14)8(7)10-11-9/h2-3,13-14H,1H3. The number of rotatable bonds is 2. The van der Waals surface area contributed by atoms with Crippen molar-refractivity contribution in [2.24, 2.45) is 5.11 Å². The van der Waals surface area contributed by atoms with E-state index in [0.29, 0.717) is 0 Å². The van der Waals surface area contributed by atoms with Gasteiger partial charge in [-0.25, -0.2) is 0 Å². The maximum atomic E-state index is 11.1. The number of benzene rings is 1. The second-order valence-electron chi connectivity index (χ2n) is 2.57. The van der Waals surface area contributed by atoms with E-state index in [0.717, 1.165) is 12.1 Å². The van der Waals surface area contributed by atoms with Gasteiger partial charge >= 0.3 is 0 Å². The third-order valence-electron chi connectivity index (χ3n) is 1.63. The molecule has 0 saturated carbocycles. The molecule has 0 heterocycles. The quantitative estimate of drug-likeness (QED) is 0.247. The van der Waals surface area contributed by atoms with Crippen LogP contribution in [0.5, 0.6) is 11.5 Å². The molecule has 0 unspecified atom stereocenters. The fraction of sp³-hybridized carbons (Fsp3) is 0.125. The predicted molar refractivity (Wildman–Crippen MR) is 48.6 cm³/mol. The lowest BCUT2D eigenvalue weighted by atomic mass is 10.1. The van der Waals surface area contributed by atoms with Crippen molar-refractivity contribution in [1.29, 1.82) is 0 Å². The number of Topliss-reactive ketones (excluding diaryl/α,β-unsaturated/α-hetero) is 1. The van der Waals surface area contributed by atoms with E-state index < -0.39 is 5.78 Å². The molecule has 6 heteroatoms. The molecule has 1 rings (SSSR count). The topological polar surface area (TPSA) is 106 Å². The van der Waals surface area contributed by atoms with Crippen molar-refractivity contribution in [2.75, 3.05) is 0 Å². The van der Waals surface area contributed by atoms with Crippen molar-refractivity contribution in [3.05, 3.63) is 28.1 Å². The van der Waals surface area contributed by atoms with Crippen molar-refractivity contribution in [3.63, 3.8) is 0 Å². The molecule has 0 fully saturated rings. The Kier molecular flexibility index (Phi) is 2.59. The lowest BCUT2D eigenvalue weighted by Crippen LogP contribution is -1.93. The molecule has 14 heavy (non-hydrogen) atoms. The summed E-state index contributed by atoms with van der Waals surface area (Å²) < 4.78 is 0. The van der Waals surface area contributed by atoms with E-state index in [-0.39, 0.29) is 22.7 Å². The van der Waals surface area contributed by atoms with Crippen LogP contribution in [0.3, 0.4) is 0 Å². The smallest absolute Gasteiger partial charge is 0.164 e. The first kappa shape index (κ1) is 9.88. The Labute approximate surface area is 79.0 Å². The first-order chi connectivity index (χ1) is 6.57. The number of carbonyl (C=O) groups excluding carboxylic acids is 1. The SMILES string of the molecule is CC(=O)c1c(O)ccc(O)c1N=[N+]=[N-]. The van der Waals surface area contributed by atoms with Crippen molar-refractivity contribution >= 4 is 11.5 Å². The fourth-order valence-corrected chi connectivity index (χ4v) is 1.06. The molecule has 0 atom stereocenters. The number of phenols is 2. The van der Waals surface area contributed by atoms with Crippen LogP contribution in [0.4, 0.5) is 5.69 Å². The fourth-order valence-electron chi connectivity index (χ4n) is 1.06. The highest BCUT2D eigenvalue weighted by atomic mass is 16.3. The summed E-state index contributed by atoms with van der Waals surface area (Å²) in [5, 5.41) is 21.7. The number of hydrogen-bond acceptors (Lipinski definition) is 4. The molecule has 0 radical (unpaired) electrons. The minimum Gasteiger partial charge on any atom is -0.507 e. The first-order valence-electron chi connectivity index (χ1n) is 3.69. The Morgan fingerprint density at radius 3 is 2.50 bits per heavy atom. The van der Waals surface area contributed by atoms with E-state index in [2.05, 4.69) is 10.0 Å². The highest BCUT2D eigenvalue weighted by Crippen LogP contribution is 2.36. The maximum absolute atomic E-state index is 11.1. The van der Waals surface area contributed by atoms with Gasteiger partial charge in [-0.2, -0.15) is 0 Å². The zero-order valence-corrected chi connectivity index (χ0v) is 7.30. The molecule has 2 N–H and O–H groups in total. The van der Waals surface area contributed by atoms with E-state index in [9.17, 15) is 15.0 Å². The second-order valence-corrected chi connectivity index (χ2v) is 2.57. The zero-order valence-electron chi connectivity index (χ0n) is 7.30. The average molecular weight is 193 g/mol. The third kappa shape index (κ3) is 1.60. The molecule has 1 aromatic carbocycles. The summed E-state index contributed by atoms with van der Waals surface area (Å²) in [5.41, 5.74) is 7.77. The zero-order chi connectivity index (χ0) is 10.7. The summed E-state index contributed by atoms with van der Waals surface area (Å²) in [7, 11) is 0. The Morgan fingerprint density at radius 2 is 2.00 bits per heavy atom. The molecule has 0 saturated heterocycles. The van der Waals surface area contributed by atoms with Gasteiger partial charge in [0.1, 0.15) is 11.5 Å². The Balaban J connectivity index is 3.57. The second kappa shape index (κ2) is 3.68. The van der Waals surface area contributed by atoms with Gasteiger partial charge < -0.3 is 10.2 Å². The van der Waals surface area contributed by atoms with Crippen LogP contribution in [0.2, 0.25) is 0 Å². The van der Waals surface area contributed by atoms with Crippen molar-refractivity contribution in [1.82, 2.24) is 0 Å². The first-order valence-corrected chi connectivity index (χ1v) is 3.69. The lowest BCUT2D eigenvalue weighted by molar-refractivity contribution is 0.101. The van der Waals surface area contributed by atoms with Crippen LogP contribution in [0.25, 0.3) is 10.4 Å². The van der Waals surface area contributed by atoms with Gasteiger partial charge in [0.2, 0.25) is 0 Å². The molecule has 72 valence electrons. The maximum Gasteiger partial charge on any atom is 0.164 e. The summed E-state index contributed by atoms with van der Waals surface area (Å²) in [6.07, 6.45) is 0. The highest BCUT2D eigenvalue weighted by Gasteiger charge is 2.14. The van der Waals surface area contributed by atoms with Crippen LogP contribution in [-0.4, -0.2) is 16.0 Å². The monoisotopic (exact) mass is 193 g/mol. The summed E-state index contributed by atoms with van der Waals surface area (Å²) >= 11 is 0. The summed E-state index contributed by atoms with van der Waals surface area (Å²) in [5.74, 6) is -1.15. The van der Waals surface area contributed by atoms with Gasteiger partial charge in [0.25, 0.3) is 0 Å². The number of nitrogens with zero attached hydrogens (tertiary/aromatic N) is 3. The number of carbonyl (C=O) groups is 1. The molecular formula is C8H7N3O3. The number of azide groups is 1. The lowest BCUT2D eigenvalue weighted by Gasteiger charge is -2.05. The molecule has 0 aromatic heterocycles. The van der Waals surface area contributed by atoms with Crippen LogP contribution in [0.15, 0.2) is 17.2 Å². The molecule has 1 aromatic rings. The molecule has 0 spiro atoms. The molecule has 0 aliphatic carbocycles. The molecule has 6 nitrogen and oxygen atoms in total. The number of aromatic hydroxyl groups is 2. The van der Waals surface area contributed by atoms with Crippen LogP contribution in [-0.2, 0) is 0 Å². The van der Waals surface area contributed by atoms with E-state index in [1.165, 1.54) is 6.92 Å². The van der Waals surface area contributed by atoms with E-state index >= 15 is 0 Å². The van der Waals surface area contributed by atoms with Gasteiger partial charge in [-0.3, -0.25) is 4.79 Å². The molecule has 0 bridgehead atoms. The van der Waals surface area contributed by atoms with Gasteiger partial charge in [-0.1, -0.05) is 5.11 Å². The average Bonchev–Trinajstić information content (AvgIpc) is 2.11. The van der Waals surface area contributed by atoms with Crippen molar-refractivity contribution in [2.45, 2.75) is 6.92 Å². The Morgan fingerprint density at radius 1 is 1.43 bits per heavy atom. The molecular weight excluding hydrogens is 186 g/mol. The van der Waals surface area contributed by atoms with Crippen LogP contribution >= 0.6 is 0 Å². The van der Waals surface area contributed by atoms with Gasteiger partial charge in [-0.05, 0) is 24.6 Å². The van der Waals surface area contributed by atoms with Crippen LogP contribution in [0, 0.1) is 0 Å². The van der Waals surface area contributed by atoms with Crippen LogP contribution < -0.4 is 0 Å². The molecule has 0 amide bonds. The predicted octanol–water partition coefficient (Wildman–Crippen LogP) is 2.24. The highest BCUT2D eigenvalue weighted by molar-refractivity contribution is 6.02. The minimum absolute atomic E-state index is 0.178. The van der Waals surface area contributed by atoms with Gasteiger partial charge in [0.15, 0.2) is 5.78 Å². The number of phenolic OH excluding ortho intramolecular Hbond substituents is 2. The van der Waals surface area contributed by atoms with Crippen LogP contribution in [0.1, 0.15) is 17.3 Å². The van der Waals surface area contributed by atoms with Gasteiger partial charge in [-0.15, -0.1) is 0 Å². The third-order valence-corrected chi connectivity index (χ3v) is 1.63. The molecule has 0 aliphatic heterocycles. The largest absolute Gasteiger partial charge is 0.507 e.